The van der Waals surface area contributed by atoms with Gasteiger partial charge in [-0.1, -0.05) is 30.3 Å². The second-order valence-corrected chi connectivity index (χ2v) is 5.37. The maximum absolute atomic E-state index is 12.2. The monoisotopic (exact) mass is 286 g/mol. The number of β-amino-alcohol motifs (C(OH)–C–C–N with tert-alkyl or cyclic N) is 1. The van der Waals surface area contributed by atoms with Gasteiger partial charge in [0.05, 0.1) is 13.1 Å². The van der Waals surface area contributed by atoms with Crippen LogP contribution in [0.4, 0.5) is 0 Å². The molecule has 1 aliphatic rings. The number of hydrogen-bond donors (Lipinski definition) is 1. The highest BCUT2D eigenvalue weighted by molar-refractivity contribution is 5.76. The third-order valence-electron chi connectivity index (χ3n) is 3.93. The zero-order chi connectivity index (χ0) is 14.7. The van der Waals surface area contributed by atoms with Crippen molar-refractivity contribution in [3.05, 3.63) is 48.5 Å². The Morgan fingerprint density at radius 3 is 2.86 bits per heavy atom. The Balaban J connectivity index is 1.60. The van der Waals surface area contributed by atoms with Crippen molar-refractivity contribution in [2.45, 2.75) is 25.0 Å². The van der Waals surface area contributed by atoms with Gasteiger partial charge in [0.25, 0.3) is 0 Å². The van der Waals surface area contributed by atoms with Gasteiger partial charge in [0.1, 0.15) is 18.3 Å². The minimum absolute atomic E-state index is 0.0392. The molecule has 0 aliphatic carbocycles. The molecule has 0 saturated carbocycles. The summed E-state index contributed by atoms with van der Waals surface area (Å²) in [5, 5.41) is 14.7. The number of carbonyl (C=O) groups excluding carboxylic acids is 1. The van der Waals surface area contributed by atoms with Crippen LogP contribution in [-0.2, 0) is 16.9 Å². The van der Waals surface area contributed by atoms with Crippen molar-refractivity contribution >= 4 is 5.91 Å². The molecule has 1 aromatic carbocycles. The summed E-state index contributed by atoms with van der Waals surface area (Å²) in [6.45, 7) is 1.45. The summed E-state index contributed by atoms with van der Waals surface area (Å²) in [6, 6.07) is 9.54. The van der Waals surface area contributed by atoms with E-state index in [1.54, 1.807) is 15.9 Å². The van der Waals surface area contributed by atoms with Crippen molar-refractivity contribution in [3.63, 3.8) is 0 Å². The highest BCUT2D eigenvalue weighted by atomic mass is 16.3. The summed E-state index contributed by atoms with van der Waals surface area (Å²) in [4.78, 5) is 17.8. The molecular formula is C15H18N4O2. The summed E-state index contributed by atoms with van der Waals surface area (Å²) in [6.07, 6.45) is 3.99. The minimum Gasteiger partial charge on any atom is -0.383 e. The van der Waals surface area contributed by atoms with Crippen molar-refractivity contribution in [1.29, 1.82) is 0 Å². The number of amides is 1. The van der Waals surface area contributed by atoms with E-state index in [1.807, 2.05) is 30.3 Å². The first-order chi connectivity index (χ1) is 10.2. The predicted molar refractivity (Wildman–Crippen MR) is 76.2 cm³/mol. The first-order valence-corrected chi connectivity index (χ1v) is 7.05. The lowest BCUT2D eigenvalue weighted by atomic mass is 9.93. The van der Waals surface area contributed by atoms with Gasteiger partial charge in [-0.25, -0.2) is 4.98 Å². The molecule has 0 bridgehead atoms. The molecule has 110 valence electrons. The summed E-state index contributed by atoms with van der Waals surface area (Å²) in [5.74, 6) is 0.0392. The van der Waals surface area contributed by atoms with Gasteiger partial charge < -0.3 is 10.0 Å². The van der Waals surface area contributed by atoms with Crippen molar-refractivity contribution in [2.24, 2.45) is 0 Å². The van der Waals surface area contributed by atoms with E-state index in [-0.39, 0.29) is 5.91 Å². The average molecular weight is 286 g/mol. The normalized spacial score (nSPS) is 21.7. The van der Waals surface area contributed by atoms with Gasteiger partial charge in [0.2, 0.25) is 5.91 Å². The van der Waals surface area contributed by atoms with E-state index in [9.17, 15) is 9.90 Å². The quantitative estimate of drug-likeness (QED) is 0.902. The molecule has 1 aliphatic heterocycles. The molecule has 1 fully saturated rings. The third-order valence-corrected chi connectivity index (χ3v) is 3.93. The molecule has 1 N–H and O–H groups in total. The molecule has 1 unspecified atom stereocenters. The Labute approximate surface area is 123 Å². The van der Waals surface area contributed by atoms with E-state index >= 15 is 0 Å². The number of aryl methyl sites for hydroxylation is 1. The van der Waals surface area contributed by atoms with Gasteiger partial charge >= 0.3 is 0 Å². The van der Waals surface area contributed by atoms with E-state index in [1.165, 1.54) is 6.33 Å². The first-order valence-electron chi connectivity index (χ1n) is 7.05. The molecule has 2 aromatic rings. The fourth-order valence-corrected chi connectivity index (χ4v) is 2.71. The van der Waals surface area contributed by atoms with Crippen LogP contribution in [0.2, 0.25) is 0 Å². The molecule has 6 nitrogen and oxygen atoms in total. The number of benzene rings is 1. The Bertz CT molecular complexity index is 599. The van der Waals surface area contributed by atoms with Crippen molar-refractivity contribution < 1.29 is 9.90 Å². The number of rotatable bonds is 4. The molecule has 1 atom stereocenters. The Morgan fingerprint density at radius 1 is 1.33 bits per heavy atom. The number of aromatic nitrogens is 3. The average Bonchev–Trinajstić information content (AvgIpc) is 3.16. The largest absolute Gasteiger partial charge is 0.383 e. The Morgan fingerprint density at radius 2 is 2.14 bits per heavy atom. The lowest BCUT2D eigenvalue weighted by Gasteiger charge is -2.24. The number of nitrogens with zero attached hydrogens (tertiary/aromatic N) is 4. The number of aliphatic hydroxyl groups is 1. The summed E-state index contributed by atoms with van der Waals surface area (Å²) < 4.78 is 1.64. The van der Waals surface area contributed by atoms with Gasteiger partial charge in [0.15, 0.2) is 0 Å². The Hall–Kier alpha value is -2.21. The van der Waals surface area contributed by atoms with E-state index < -0.39 is 5.60 Å². The van der Waals surface area contributed by atoms with Gasteiger partial charge in [-0.3, -0.25) is 9.48 Å². The van der Waals surface area contributed by atoms with Crippen LogP contribution in [0, 0.1) is 0 Å². The van der Waals surface area contributed by atoms with Crippen LogP contribution in [0.15, 0.2) is 43.0 Å². The number of carbonyl (C=O) groups is 1. The molecule has 0 spiro atoms. The standard InChI is InChI=1S/C15H18N4O2/c20-14(6-8-19-12-16-11-17-19)18-9-7-15(21,10-18)13-4-2-1-3-5-13/h1-5,11-12,21H,6-10H2. The topological polar surface area (TPSA) is 71.2 Å². The van der Waals surface area contributed by atoms with Crippen LogP contribution in [0.3, 0.4) is 0 Å². The van der Waals surface area contributed by atoms with Crippen LogP contribution in [-0.4, -0.2) is 43.8 Å². The van der Waals surface area contributed by atoms with Gasteiger partial charge in [-0.2, -0.15) is 5.10 Å². The van der Waals surface area contributed by atoms with Crippen LogP contribution in [0.25, 0.3) is 0 Å². The van der Waals surface area contributed by atoms with E-state index in [2.05, 4.69) is 10.1 Å². The molecule has 0 radical (unpaired) electrons. The second-order valence-electron chi connectivity index (χ2n) is 5.37. The summed E-state index contributed by atoms with van der Waals surface area (Å²) >= 11 is 0. The second kappa shape index (κ2) is 5.65. The molecule has 2 heterocycles. The number of likely N-dealkylation sites (tertiary alicyclic amines) is 1. The Kier molecular flexibility index (Phi) is 3.70. The van der Waals surface area contributed by atoms with Crippen LogP contribution >= 0.6 is 0 Å². The maximum Gasteiger partial charge on any atom is 0.224 e. The molecule has 1 saturated heterocycles. The molecular weight excluding hydrogens is 268 g/mol. The van der Waals surface area contributed by atoms with Crippen molar-refractivity contribution in [3.8, 4) is 0 Å². The molecule has 3 rings (SSSR count). The zero-order valence-corrected chi connectivity index (χ0v) is 11.7. The van der Waals surface area contributed by atoms with Crippen LogP contribution < -0.4 is 0 Å². The van der Waals surface area contributed by atoms with Gasteiger partial charge in [-0.05, 0) is 12.0 Å². The highest BCUT2D eigenvalue weighted by Gasteiger charge is 2.39. The summed E-state index contributed by atoms with van der Waals surface area (Å²) in [5.41, 5.74) is -0.0546. The van der Waals surface area contributed by atoms with Crippen molar-refractivity contribution in [2.75, 3.05) is 13.1 Å². The fourth-order valence-electron chi connectivity index (χ4n) is 2.71. The fraction of sp³-hybridized carbons (Fsp3) is 0.400. The predicted octanol–water partition coefficient (Wildman–Crippen LogP) is 0.788. The highest BCUT2D eigenvalue weighted by Crippen LogP contribution is 2.31. The first kappa shape index (κ1) is 13.8. The summed E-state index contributed by atoms with van der Waals surface area (Å²) in [7, 11) is 0. The smallest absolute Gasteiger partial charge is 0.224 e. The SMILES string of the molecule is O=C(CCn1cncn1)N1CCC(O)(c2ccccc2)C1. The lowest BCUT2D eigenvalue weighted by Crippen LogP contribution is -2.34. The maximum atomic E-state index is 12.2. The number of hydrogen-bond acceptors (Lipinski definition) is 4. The van der Waals surface area contributed by atoms with E-state index in [4.69, 9.17) is 0 Å². The molecule has 6 heteroatoms. The lowest BCUT2D eigenvalue weighted by molar-refractivity contribution is -0.131. The molecule has 1 amide bonds. The third kappa shape index (κ3) is 2.95. The van der Waals surface area contributed by atoms with Crippen molar-refractivity contribution in [1.82, 2.24) is 19.7 Å². The van der Waals surface area contributed by atoms with Crippen LogP contribution in [0.1, 0.15) is 18.4 Å². The van der Waals surface area contributed by atoms with Gasteiger partial charge in [-0.15, -0.1) is 0 Å². The molecule has 21 heavy (non-hydrogen) atoms. The van der Waals surface area contributed by atoms with Crippen LogP contribution in [0.5, 0.6) is 0 Å². The molecule has 1 aromatic heterocycles. The zero-order valence-electron chi connectivity index (χ0n) is 11.7. The van der Waals surface area contributed by atoms with E-state index in [0.717, 1.165) is 5.56 Å². The van der Waals surface area contributed by atoms with Gasteiger partial charge in [0, 0.05) is 13.0 Å². The van der Waals surface area contributed by atoms with E-state index in [0.29, 0.717) is 32.5 Å². The minimum atomic E-state index is -0.926.